The van der Waals surface area contributed by atoms with Gasteiger partial charge in [0.1, 0.15) is 12.4 Å². The zero-order valence-corrected chi connectivity index (χ0v) is 12.9. The lowest BCUT2D eigenvalue weighted by molar-refractivity contribution is 0.301. The molecule has 1 atom stereocenters. The molecule has 0 aliphatic heterocycles. The molecule has 2 rings (SSSR count). The van der Waals surface area contributed by atoms with Gasteiger partial charge in [0.15, 0.2) is 0 Å². The second-order valence-electron chi connectivity index (χ2n) is 4.39. The van der Waals surface area contributed by atoms with E-state index in [4.69, 9.17) is 22.1 Å². The van der Waals surface area contributed by atoms with E-state index in [1.54, 1.807) is 0 Å². The molecule has 2 aromatic carbocycles. The quantitative estimate of drug-likeness (QED) is 0.875. The van der Waals surface area contributed by atoms with Gasteiger partial charge in [0, 0.05) is 21.1 Å². The lowest BCUT2D eigenvalue weighted by Crippen LogP contribution is -2.08. The van der Waals surface area contributed by atoms with Crippen LogP contribution in [0.3, 0.4) is 0 Å². The van der Waals surface area contributed by atoms with E-state index in [-0.39, 0.29) is 6.04 Å². The van der Waals surface area contributed by atoms with E-state index in [0.717, 1.165) is 21.3 Å². The molecule has 0 aliphatic rings. The SMILES string of the molecule is C[C@@H](N)c1cc(Cl)ccc1OCc1cccc(Br)c1. The third kappa shape index (κ3) is 3.96. The molecule has 0 radical (unpaired) electrons. The summed E-state index contributed by atoms with van der Waals surface area (Å²) in [6.45, 7) is 2.42. The van der Waals surface area contributed by atoms with Crippen molar-refractivity contribution in [3.8, 4) is 5.75 Å². The minimum absolute atomic E-state index is 0.115. The molecule has 19 heavy (non-hydrogen) atoms. The highest BCUT2D eigenvalue weighted by Crippen LogP contribution is 2.28. The molecule has 4 heteroatoms. The predicted octanol–water partition coefficient (Wildman–Crippen LogP) is 4.70. The maximum absolute atomic E-state index is 5.98. The molecule has 0 amide bonds. The van der Waals surface area contributed by atoms with E-state index in [0.29, 0.717) is 11.6 Å². The maximum Gasteiger partial charge on any atom is 0.124 e. The molecule has 0 aromatic heterocycles. The maximum atomic E-state index is 5.98. The Bertz CT molecular complexity index is 572. The van der Waals surface area contributed by atoms with Gasteiger partial charge in [-0.3, -0.25) is 0 Å². The number of rotatable bonds is 4. The van der Waals surface area contributed by atoms with Gasteiger partial charge in [-0.05, 0) is 42.8 Å². The number of halogens is 2. The second-order valence-corrected chi connectivity index (χ2v) is 5.74. The van der Waals surface area contributed by atoms with Gasteiger partial charge in [0.25, 0.3) is 0 Å². The van der Waals surface area contributed by atoms with Gasteiger partial charge in [-0.1, -0.05) is 39.7 Å². The highest BCUT2D eigenvalue weighted by Gasteiger charge is 2.09. The van der Waals surface area contributed by atoms with Crippen LogP contribution in [0, 0.1) is 0 Å². The van der Waals surface area contributed by atoms with Crippen molar-refractivity contribution >= 4 is 27.5 Å². The first-order valence-electron chi connectivity index (χ1n) is 5.98. The fourth-order valence-corrected chi connectivity index (χ4v) is 2.42. The minimum Gasteiger partial charge on any atom is -0.489 e. The Hall–Kier alpha value is -1.03. The molecule has 0 unspecified atom stereocenters. The molecule has 2 nitrogen and oxygen atoms in total. The summed E-state index contributed by atoms with van der Waals surface area (Å²) in [7, 11) is 0. The number of hydrogen-bond acceptors (Lipinski definition) is 2. The Morgan fingerprint density at radius 3 is 2.74 bits per heavy atom. The monoisotopic (exact) mass is 339 g/mol. The topological polar surface area (TPSA) is 35.2 Å². The average molecular weight is 341 g/mol. The van der Waals surface area contributed by atoms with E-state index < -0.39 is 0 Å². The summed E-state index contributed by atoms with van der Waals surface area (Å²) >= 11 is 9.42. The van der Waals surface area contributed by atoms with Crippen molar-refractivity contribution in [3.63, 3.8) is 0 Å². The van der Waals surface area contributed by atoms with E-state index in [2.05, 4.69) is 15.9 Å². The molecule has 0 saturated heterocycles. The molecule has 0 saturated carbocycles. The van der Waals surface area contributed by atoms with Crippen molar-refractivity contribution in [2.45, 2.75) is 19.6 Å². The van der Waals surface area contributed by atoms with Gasteiger partial charge in [-0.2, -0.15) is 0 Å². The highest BCUT2D eigenvalue weighted by molar-refractivity contribution is 9.10. The zero-order chi connectivity index (χ0) is 13.8. The Balaban J connectivity index is 2.15. The molecule has 0 aliphatic carbocycles. The van der Waals surface area contributed by atoms with Crippen LogP contribution in [0.25, 0.3) is 0 Å². The first-order valence-corrected chi connectivity index (χ1v) is 7.15. The normalized spacial score (nSPS) is 12.2. The Kier molecular flexibility index (Phi) is 4.86. The van der Waals surface area contributed by atoms with Crippen molar-refractivity contribution in [2.24, 2.45) is 5.73 Å². The van der Waals surface area contributed by atoms with Gasteiger partial charge >= 0.3 is 0 Å². The van der Waals surface area contributed by atoms with Crippen molar-refractivity contribution in [3.05, 3.63) is 63.1 Å². The average Bonchev–Trinajstić information content (AvgIpc) is 2.37. The van der Waals surface area contributed by atoms with Gasteiger partial charge < -0.3 is 10.5 Å². The molecule has 0 bridgehead atoms. The molecule has 0 fully saturated rings. The van der Waals surface area contributed by atoms with E-state index in [1.165, 1.54) is 0 Å². The molecule has 0 heterocycles. The first kappa shape index (κ1) is 14.4. The molecule has 0 spiro atoms. The Morgan fingerprint density at radius 1 is 1.26 bits per heavy atom. The fraction of sp³-hybridized carbons (Fsp3) is 0.200. The summed E-state index contributed by atoms with van der Waals surface area (Å²) in [6.07, 6.45) is 0. The number of benzene rings is 2. The van der Waals surface area contributed by atoms with Crippen molar-refractivity contribution in [1.29, 1.82) is 0 Å². The summed E-state index contributed by atoms with van der Waals surface area (Å²) in [5.41, 5.74) is 7.95. The van der Waals surface area contributed by atoms with Crippen LogP contribution in [0.1, 0.15) is 24.1 Å². The Morgan fingerprint density at radius 2 is 2.05 bits per heavy atom. The van der Waals surface area contributed by atoms with Crippen LogP contribution in [0.5, 0.6) is 5.75 Å². The third-order valence-corrected chi connectivity index (χ3v) is 3.47. The van der Waals surface area contributed by atoms with Crippen LogP contribution < -0.4 is 10.5 Å². The molecular weight excluding hydrogens is 326 g/mol. The summed E-state index contributed by atoms with van der Waals surface area (Å²) in [5, 5.41) is 0.669. The number of nitrogens with two attached hydrogens (primary N) is 1. The van der Waals surface area contributed by atoms with Crippen LogP contribution >= 0.6 is 27.5 Å². The minimum atomic E-state index is -0.115. The summed E-state index contributed by atoms with van der Waals surface area (Å²) in [6, 6.07) is 13.4. The largest absolute Gasteiger partial charge is 0.489 e. The van der Waals surface area contributed by atoms with Crippen LogP contribution in [-0.2, 0) is 6.61 Å². The number of ether oxygens (including phenoxy) is 1. The lowest BCUT2D eigenvalue weighted by Gasteiger charge is -2.14. The third-order valence-electron chi connectivity index (χ3n) is 2.75. The molecular formula is C15H15BrClNO. The van der Waals surface area contributed by atoms with Crippen LogP contribution in [-0.4, -0.2) is 0 Å². The Labute approximate surface area is 126 Å². The highest BCUT2D eigenvalue weighted by atomic mass is 79.9. The van der Waals surface area contributed by atoms with Gasteiger partial charge in [-0.25, -0.2) is 0 Å². The summed E-state index contributed by atoms with van der Waals surface area (Å²) in [5.74, 6) is 0.777. The van der Waals surface area contributed by atoms with E-state index in [1.807, 2.05) is 49.4 Å². The lowest BCUT2D eigenvalue weighted by atomic mass is 10.1. The van der Waals surface area contributed by atoms with Crippen molar-refractivity contribution in [1.82, 2.24) is 0 Å². The molecule has 2 aromatic rings. The predicted molar refractivity (Wildman–Crippen MR) is 82.5 cm³/mol. The van der Waals surface area contributed by atoms with Crippen molar-refractivity contribution < 1.29 is 4.74 Å². The van der Waals surface area contributed by atoms with Gasteiger partial charge in [-0.15, -0.1) is 0 Å². The van der Waals surface area contributed by atoms with Gasteiger partial charge in [0.2, 0.25) is 0 Å². The molecule has 100 valence electrons. The molecule has 2 N–H and O–H groups in total. The fourth-order valence-electron chi connectivity index (χ4n) is 1.79. The first-order chi connectivity index (χ1) is 9.06. The summed E-state index contributed by atoms with van der Waals surface area (Å²) < 4.78 is 6.87. The smallest absolute Gasteiger partial charge is 0.124 e. The van der Waals surface area contributed by atoms with Crippen molar-refractivity contribution in [2.75, 3.05) is 0 Å². The van der Waals surface area contributed by atoms with Gasteiger partial charge in [0.05, 0.1) is 0 Å². The zero-order valence-electron chi connectivity index (χ0n) is 10.6. The number of hydrogen-bond donors (Lipinski definition) is 1. The van der Waals surface area contributed by atoms with Crippen LogP contribution in [0.4, 0.5) is 0 Å². The summed E-state index contributed by atoms with van der Waals surface area (Å²) in [4.78, 5) is 0. The van der Waals surface area contributed by atoms with E-state index in [9.17, 15) is 0 Å². The standard InChI is InChI=1S/C15H15BrClNO/c1-10(18)14-8-13(17)5-6-15(14)19-9-11-3-2-4-12(16)7-11/h2-8,10H,9,18H2,1H3/t10-/m1/s1. The van der Waals surface area contributed by atoms with Crippen LogP contribution in [0.15, 0.2) is 46.9 Å². The van der Waals surface area contributed by atoms with Crippen LogP contribution in [0.2, 0.25) is 5.02 Å². The van der Waals surface area contributed by atoms with E-state index >= 15 is 0 Å². The second kappa shape index (κ2) is 6.42.